The summed E-state index contributed by atoms with van der Waals surface area (Å²) in [5, 5.41) is 19.9. The lowest BCUT2D eigenvalue weighted by Gasteiger charge is -2.19. The van der Waals surface area contributed by atoms with Crippen LogP contribution in [0.4, 0.5) is 27.8 Å². The van der Waals surface area contributed by atoms with E-state index < -0.39 is 29.3 Å². The fraction of sp³-hybridized carbons (Fsp3) is 0.227. The number of aromatic amines is 1. The third-order valence-corrected chi connectivity index (χ3v) is 4.55. The van der Waals surface area contributed by atoms with Crippen LogP contribution in [0.3, 0.4) is 0 Å². The van der Waals surface area contributed by atoms with E-state index >= 15 is 0 Å². The Kier molecular flexibility index (Phi) is 6.19. The first-order chi connectivity index (χ1) is 16.4. The Morgan fingerprint density at radius 1 is 1.03 bits per heavy atom. The normalized spacial score (nSPS) is 12.1. The molecule has 8 nitrogen and oxygen atoms in total. The fourth-order valence-corrected chi connectivity index (χ4v) is 3.11. The van der Waals surface area contributed by atoms with E-state index in [1.807, 2.05) is 0 Å². The van der Waals surface area contributed by atoms with E-state index in [1.165, 1.54) is 32.0 Å². The van der Waals surface area contributed by atoms with Crippen LogP contribution in [0.25, 0.3) is 22.3 Å². The Labute approximate surface area is 194 Å². The van der Waals surface area contributed by atoms with Gasteiger partial charge in [-0.25, -0.2) is 8.78 Å². The smallest absolute Gasteiger partial charge is 0.421 e. The first kappa shape index (κ1) is 24.1. The van der Waals surface area contributed by atoms with Crippen LogP contribution in [0, 0.1) is 11.6 Å². The minimum atomic E-state index is -4.94. The number of aromatic nitrogens is 4. The Morgan fingerprint density at radius 3 is 2.46 bits per heavy atom. The molecule has 35 heavy (non-hydrogen) atoms. The summed E-state index contributed by atoms with van der Waals surface area (Å²) in [4.78, 5) is 8.30. The molecule has 0 atom stereocenters. The number of nitrogens with one attached hydrogen (secondary N) is 2. The van der Waals surface area contributed by atoms with Crippen LogP contribution < -0.4 is 14.8 Å². The van der Waals surface area contributed by atoms with E-state index in [0.29, 0.717) is 6.07 Å². The zero-order valence-corrected chi connectivity index (χ0v) is 18.2. The lowest BCUT2D eigenvalue weighted by Crippen LogP contribution is -2.29. The van der Waals surface area contributed by atoms with Gasteiger partial charge in [-0.2, -0.15) is 15.1 Å². The summed E-state index contributed by atoms with van der Waals surface area (Å²) < 4.78 is 75.6. The Hall–Kier alpha value is -4.00. The first-order valence-electron chi connectivity index (χ1n) is 10.1. The number of anilines is 1. The van der Waals surface area contributed by atoms with Crippen molar-refractivity contribution in [3.8, 4) is 28.8 Å². The molecule has 0 saturated carbocycles. The van der Waals surface area contributed by atoms with Gasteiger partial charge in [-0.3, -0.25) is 5.10 Å². The third-order valence-electron chi connectivity index (χ3n) is 4.55. The molecule has 0 unspecified atom stereocenters. The summed E-state index contributed by atoms with van der Waals surface area (Å²) in [6.07, 6.45) is -4.94. The molecule has 2 heterocycles. The van der Waals surface area contributed by atoms with E-state index in [0.717, 1.165) is 18.2 Å². The maximum atomic E-state index is 14.1. The predicted octanol–water partition coefficient (Wildman–Crippen LogP) is 5.17. The van der Waals surface area contributed by atoms with Gasteiger partial charge in [-0.05, 0) is 38.1 Å². The summed E-state index contributed by atoms with van der Waals surface area (Å²) in [6, 6.07) is 7.65. The lowest BCUT2D eigenvalue weighted by atomic mass is 10.1. The van der Waals surface area contributed by atoms with Crippen LogP contribution in [0.15, 0.2) is 42.5 Å². The number of hydrogen-bond donors (Lipinski definition) is 3. The van der Waals surface area contributed by atoms with Crippen molar-refractivity contribution in [1.82, 2.24) is 20.2 Å². The Bertz CT molecular complexity index is 1370. The van der Waals surface area contributed by atoms with Crippen molar-refractivity contribution in [2.24, 2.45) is 0 Å². The average molecular weight is 495 g/mol. The highest BCUT2D eigenvalue weighted by Crippen LogP contribution is 2.39. The van der Waals surface area contributed by atoms with Gasteiger partial charge in [0.1, 0.15) is 23.1 Å². The molecular formula is C22H18F5N5O3. The minimum Gasteiger partial charge on any atom is -0.421 e. The van der Waals surface area contributed by atoms with Gasteiger partial charge in [0.05, 0.1) is 11.0 Å². The van der Waals surface area contributed by atoms with Crippen molar-refractivity contribution in [2.45, 2.75) is 25.8 Å². The van der Waals surface area contributed by atoms with E-state index in [-0.39, 0.29) is 46.4 Å². The van der Waals surface area contributed by atoms with Crippen molar-refractivity contribution in [2.75, 3.05) is 11.9 Å². The molecule has 0 fully saturated rings. The molecule has 184 valence electrons. The van der Waals surface area contributed by atoms with Gasteiger partial charge >= 0.3 is 12.4 Å². The number of hydrogen-bond acceptors (Lipinski definition) is 7. The topological polar surface area (TPSA) is 105 Å². The van der Waals surface area contributed by atoms with Crippen molar-refractivity contribution in [3.05, 3.63) is 54.1 Å². The molecule has 0 spiro atoms. The molecule has 0 saturated heterocycles. The number of aliphatic hydroxyl groups is 1. The minimum absolute atomic E-state index is 0.00997. The number of alkyl halides is 3. The van der Waals surface area contributed by atoms with Gasteiger partial charge in [0, 0.05) is 18.2 Å². The molecule has 0 bridgehead atoms. The highest BCUT2D eigenvalue weighted by molar-refractivity contribution is 6.00. The maximum Gasteiger partial charge on any atom is 0.573 e. The van der Waals surface area contributed by atoms with Gasteiger partial charge in [-0.15, -0.1) is 13.2 Å². The summed E-state index contributed by atoms with van der Waals surface area (Å²) in [7, 11) is 0. The van der Waals surface area contributed by atoms with Crippen LogP contribution in [-0.2, 0) is 0 Å². The number of rotatable bonds is 7. The molecule has 4 rings (SSSR count). The maximum absolute atomic E-state index is 14.1. The number of nitrogens with zero attached hydrogens (tertiary/aromatic N) is 3. The second kappa shape index (κ2) is 8.98. The van der Waals surface area contributed by atoms with Crippen molar-refractivity contribution >= 4 is 16.9 Å². The zero-order valence-electron chi connectivity index (χ0n) is 18.2. The second-order valence-corrected chi connectivity index (χ2v) is 8.04. The molecule has 0 amide bonds. The summed E-state index contributed by atoms with van der Waals surface area (Å²) in [6.45, 7) is 3.01. The predicted molar refractivity (Wildman–Crippen MR) is 115 cm³/mol. The first-order valence-corrected chi connectivity index (χ1v) is 10.1. The number of H-pyrrole nitrogens is 1. The quantitative estimate of drug-likeness (QED) is 0.304. The lowest BCUT2D eigenvalue weighted by molar-refractivity contribution is -0.274. The van der Waals surface area contributed by atoms with Crippen LogP contribution in [0.5, 0.6) is 17.5 Å². The van der Waals surface area contributed by atoms with Crippen LogP contribution in [0.1, 0.15) is 13.8 Å². The summed E-state index contributed by atoms with van der Waals surface area (Å²) >= 11 is 0. The van der Waals surface area contributed by atoms with Crippen molar-refractivity contribution < 1.29 is 36.5 Å². The van der Waals surface area contributed by atoms with Crippen LogP contribution >= 0.6 is 0 Å². The Morgan fingerprint density at radius 2 is 1.77 bits per heavy atom. The molecule has 0 aliphatic heterocycles. The highest BCUT2D eigenvalue weighted by atomic mass is 19.4. The van der Waals surface area contributed by atoms with E-state index in [9.17, 15) is 27.1 Å². The average Bonchev–Trinajstić information content (AvgIpc) is 3.17. The molecule has 2 aromatic carbocycles. The largest absolute Gasteiger partial charge is 0.573 e. The fourth-order valence-electron chi connectivity index (χ4n) is 3.11. The third kappa shape index (κ3) is 5.74. The monoisotopic (exact) mass is 495 g/mol. The summed E-state index contributed by atoms with van der Waals surface area (Å²) in [5.41, 5.74) is -1.16. The van der Waals surface area contributed by atoms with E-state index in [1.54, 1.807) is 0 Å². The Balaban J connectivity index is 1.83. The van der Waals surface area contributed by atoms with Gasteiger partial charge in [0.2, 0.25) is 0 Å². The molecule has 3 N–H and O–H groups in total. The molecule has 0 radical (unpaired) electrons. The number of para-hydroxylation sites is 1. The van der Waals surface area contributed by atoms with Gasteiger partial charge < -0.3 is 19.9 Å². The van der Waals surface area contributed by atoms with Crippen molar-refractivity contribution in [1.29, 1.82) is 0 Å². The number of fused-ring (bicyclic) bond motifs is 1. The van der Waals surface area contributed by atoms with Gasteiger partial charge in [0.15, 0.2) is 17.2 Å². The second-order valence-electron chi connectivity index (χ2n) is 8.04. The number of benzene rings is 2. The number of halogens is 5. The standard InChI is InChI=1S/C22H18F5N5O3/c1-21(2,33)10-28-18-16-17(12-5-3-4-6-14(12)35-22(25,26)27)31-32-19(16)30-20(29-18)34-15-8-7-11(23)9-13(15)24/h3-9,33H,10H2,1-2H3,(H2,28,29,30,31,32). The van der Waals surface area contributed by atoms with Crippen LogP contribution in [-0.4, -0.2) is 43.8 Å². The molecule has 0 aliphatic carbocycles. The van der Waals surface area contributed by atoms with Gasteiger partial charge in [0.25, 0.3) is 0 Å². The molecule has 2 aromatic heterocycles. The molecule has 4 aromatic rings. The molecule has 0 aliphatic rings. The molecular weight excluding hydrogens is 477 g/mol. The zero-order chi connectivity index (χ0) is 25.4. The van der Waals surface area contributed by atoms with Crippen LogP contribution in [0.2, 0.25) is 0 Å². The summed E-state index contributed by atoms with van der Waals surface area (Å²) in [5.74, 6) is -2.64. The van der Waals surface area contributed by atoms with Crippen molar-refractivity contribution in [3.63, 3.8) is 0 Å². The van der Waals surface area contributed by atoms with Gasteiger partial charge in [-0.1, -0.05) is 12.1 Å². The SMILES string of the molecule is CC(C)(O)CNc1nc(Oc2ccc(F)cc2F)nc2[nH]nc(-c3ccccc3OC(F)(F)F)c12. The van der Waals surface area contributed by atoms with E-state index in [4.69, 9.17) is 4.74 Å². The number of ether oxygens (including phenoxy) is 2. The van der Waals surface area contributed by atoms with E-state index in [2.05, 4.69) is 30.2 Å². The highest BCUT2D eigenvalue weighted by Gasteiger charge is 2.33. The molecule has 13 heteroatoms.